The van der Waals surface area contributed by atoms with Gasteiger partial charge in [-0.2, -0.15) is 0 Å². The number of hydrogen-bond acceptors (Lipinski definition) is 6. The number of carboxylic acids is 1. The lowest BCUT2D eigenvalue weighted by atomic mass is 10.3. The van der Waals surface area contributed by atoms with E-state index >= 15 is 0 Å². The van der Waals surface area contributed by atoms with Crippen LogP contribution in [0.1, 0.15) is 23.8 Å². The quantitative estimate of drug-likeness (QED) is 0.367. The number of aromatic nitrogens is 1. The molecular formula is C11H16N4O4. The van der Waals surface area contributed by atoms with Crippen molar-refractivity contribution in [3.05, 3.63) is 27.9 Å². The molecule has 0 fully saturated rings. The number of aromatic carboxylic acids is 1. The average molecular weight is 268 g/mol. The van der Waals surface area contributed by atoms with Gasteiger partial charge in [-0.05, 0) is 25.6 Å². The Bertz CT molecular complexity index is 464. The number of carboxylic acid groups (broad SMARTS) is 1. The van der Waals surface area contributed by atoms with Crippen LogP contribution >= 0.6 is 0 Å². The van der Waals surface area contributed by atoms with Gasteiger partial charge in [0.15, 0.2) is 5.69 Å². The van der Waals surface area contributed by atoms with Crippen molar-refractivity contribution >= 4 is 17.5 Å². The molecular weight excluding hydrogens is 252 g/mol. The number of nitrogens with zero attached hydrogens (tertiary/aromatic N) is 2. The SMILES string of the molecule is CCNCCCNc1nc(C(=O)O)ccc1[N+](=O)[O-]. The second-order valence-electron chi connectivity index (χ2n) is 3.76. The number of anilines is 1. The summed E-state index contributed by atoms with van der Waals surface area (Å²) in [5.74, 6) is -1.23. The van der Waals surface area contributed by atoms with Crippen LogP contribution in [0.4, 0.5) is 11.5 Å². The molecule has 1 aromatic heterocycles. The molecule has 1 heterocycles. The summed E-state index contributed by atoms with van der Waals surface area (Å²) in [5, 5.41) is 25.5. The van der Waals surface area contributed by atoms with Gasteiger partial charge in [0.2, 0.25) is 5.82 Å². The Balaban J connectivity index is 2.74. The highest BCUT2D eigenvalue weighted by Gasteiger charge is 2.17. The number of nitro groups is 1. The van der Waals surface area contributed by atoms with Gasteiger partial charge < -0.3 is 15.7 Å². The summed E-state index contributed by atoms with van der Waals surface area (Å²) in [5.41, 5.74) is -0.451. The van der Waals surface area contributed by atoms with Crippen LogP contribution < -0.4 is 10.6 Å². The summed E-state index contributed by atoms with van der Waals surface area (Å²) in [4.78, 5) is 24.7. The minimum absolute atomic E-state index is 0.0126. The Morgan fingerprint density at radius 3 is 2.79 bits per heavy atom. The minimum atomic E-state index is -1.22. The normalized spacial score (nSPS) is 10.2. The monoisotopic (exact) mass is 268 g/mol. The van der Waals surface area contributed by atoms with Gasteiger partial charge in [-0.1, -0.05) is 6.92 Å². The van der Waals surface area contributed by atoms with Gasteiger partial charge in [-0.25, -0.2) is 9.78 Å². The topological polar surface area (TPSA) is 117 Å². The van der Waals surface area contributed by atoms with E-state index in [2.05, 4.69) is 15.6 Å². The molecule has 0 aliphatic heterocycles. The fraction of sp³-hybridized carbons (Fsp3) is 0.455. The Morgan fingerprint density at radius 2 is 2.21 bits per heavy atom. The molecule has 0 amide bonds. The lowest BCUT2D eigenvalue weighted by Crippen LogP contribution is -2.18. The molecule has 1 aromatic rings. The van der Waals surface area contributed by atoms with Gasteiger partial charge in [-0.3, -0.25) is 10.1 Å². The third-order valence-electron chi connectivity index (χ3n) is 2.36. The first kappa shape index (κ1) is 14.8. The molecule has 8 nitrogen and oxygen atoms in total. The largest absolute Gasteiger partial charge is 0.477 e. The van der Waals surface area contributed by atoms with Crippen LogP contribution in [-0.4, -0.2) is 40.6 Å². The van der Waals surface area contributed by atoms with Gasteiger partial charge in [0, 0.05) is 12.6 Å². The van der Waals surface area contributed by atoms with E-state index in [-0.39, 0.29) is 17.2 Å². The maximum absolute atomic E-state index is 10.8. The molecule has 8 heteroatoms. The van der Waals surface area contributed by atoms with Crippen molar-refractivity contribution < 1.29 is 14.8 Å². The van der Waals surface area contributed by atoms with E-state index in [0.29, 0.717) is 6.54 Å². The van der Waals surface area contributed by atoms with E-state index in [1.807, 2.05) is 6.92 Å². The highest BCUT2D eigenvalue weighted by Crippen LogP contribution is 2.21. The van der Waals surface area contributed by atoms with Crippen molar-refractivity contribution in [2.45, 2.75) is 13.3 Å². The van der Waals surface area contributed by atoms with E-state index in [1.165, 1.54) is 0 Å². The zero-order valence-electron chi connectivity index (χ0n) is 10.5. The van der Waals surface area contributed by atoms with Crippen molar-refractivity contribution in [2.75, 3.05) is 25.0 Å². The van der Waals surface area contributed by atoms with Crippen molar-refractivity contribution in [2.24, 2.45) is 0 Å². The summed E-state index contributed by atoms with van der Waals surface area (Å²) in [6, 6.07) is 2.26. The van der Waals surface area contributed by atoms with Gasteiger partial charge in [0.05, 0.1) is 4.92 Å². The molecule has 0 unspecified atom stereocenters. The van der Waals surface area contributed by atoms with E-state index in [4.69, 9.17) is 5.11 Å². The molecule has 0 saturated carbocycles. The van der Waals surface area contributed by atoms with E-state index < -0.39 is 10.9 Å². The van der Waals surface area contributed by atoms with Crippen LogP contribution in [0, 0.1) is 10.1 Å². The summed E-state index contributed by atoms with van der Waals surface area (Å²) in [7, 11) is 0. The van der Waals surface area contributed by atoms with Crippen LogP contribution in [0.15, 0.2) is 12.1 Å². The van der Waals surface area contributed by atoms with Crippen molar-refractivity contribution in [3.63, 3.8) is 0 Å². The molecule has 104 valence electrons. The average Bonchev–Trinajstić information content (AvgIpc) is 2.38. The molecule has 0 aromatic carbocycles. The Kier molecular flexibility index (Phi) is 5.68. The number of nitrogens with one attached hydrogen (secondary N) is 2. The first-order chi connectivity index (χ1) is 9.06. The summed E-state index contributed by atoms with van der Waals surface area (Å²) in [6.07, 6.45) is 0.754. The molecule has 0 radical (unpaired) electrons. The molecule has 0 atom stereocenters. The fourth-order valence-electron chi connectivity index (χ4n) is 1.45. The van der Waals surface area contributed by atoms with Crippen LogP contribution in [0.2, 0.25) is 0 Å². The lowest BCUT2D eigenvalue weighted by molar-refractivity contribution is -0.384. The maximum atomic E-state index is 10.8. The summed E-state index contributed by atoms with van der Waals surface area (Å²) >= 11 is 0. The number of pyridine rings is 1. The van der Waals surface area contributed by atoms with Gasteiger partial charge in [0.1, 0.15) is 0 Å². The highest BCUT2D eigenvalue weighted by atomic mass is 16.6. The second-order valence-corrected chi connectivity index (χ2v) is 3.76. The molecule has 3 N–H and O–H groups in total. The lowest BCUT2D eigenvalue weighted by Gasteiger charge is -2.07. The molecule has 1 rings (SSSR count). The summed E-state index contributed by atoms with van der Waals surface area (Å²) < 4.78 is 0. The smallest absolute Gasteiger partial charge is 0.354 e. The Labute approximate surface area is 110 Å². The number of hydrogen-bond donors (Lipinski definition) is 3. The zero-order chi connectivity index (χ0) is 14.3. The Hall–Kier alpha value is -2.22. The van der Waals surface area contributed by atoms with Gasteiger partial charge in [0.25, 0.3) is 0 Å². The maximum Gasteiger partial charge on any atom is 0.354 e. The first-order valence-corrected chi connectivity index (χ1v) is 5.89. The molecule has 0 saturated heterocycles. The molecule has 0 aliphatic rings. The standard InChI is InChI=1S/C11H16N4O4/c1-2-12-6-3-7-13-10-9(15(18)19)5-4-8(14-10)11(16)17/h4-5,12H,2-3,6-7H2,1H3,(H,13,14)(H,16,17). The number of rotatable bonds is 8. The van der Waals surface area contributed by atoms with Crippen LogP contribution in [0.5, 0.6) is 0 Å². The second kappa shape index (κ2) is 7.27. The number of carbonyl (C=O) groups is 1. The molecule has 0 bridgehead atoms. The third-order valence-corrected chi connectivity index (χ3v) is 2.36. The predicted octanol–water partition coefficient (Wildman–Crippen LogP) is 1.10. The van der Waals surface area contributed by atoms with Crippen LogP contribution in [-0.2, 0) is 0 Å². The van der Waals surface area contributed by atoms with Gasteiger partial charge in [-0.15, -0.1) is 0 Å². The Morgan fingerprint density at radius 1 is 1.47 bits per heavy atom. The minimum Gasteiger partial charge on any atom is -0.477 e. The fourth-order valence-corrected chi connectivity index (χ4v) is 1.45. The van der Waals surface area contributed by atoms with E-state index in [9.17, 15) is 14.9 Å². The highest BCUT2D eigenvalue weighted by molar-refractivity contribution is 5.86. The molecule has 0 aliphatic carbocycles. The third kappa shape index (κ3) is 4.51. The molecule has 19 heavy (non-hydrogen) atoms. The molecule has 0 spiro atoms. The van der Waals surface area contributed by atoms with Crippen molar-refractivity contribution in [1.82, 2.24) is 10.3 Å². The van der Waals surface area contributed by atoms with Crippen molar-refractivity contribution in [1.29, 1.82) is 0 Å². The van der Waals surface area contributed by atoms with E-state index in [1.54, 1.807) is 0 Å². The zero-order valence-corrected chi connectivity index (χ0v) is 10.5. The first-order valence-electron chi connectivity index (χ1n) is 5.89. The van der Waals surface area contributed by atoms with E-state index in [0.717, 1.165) is 31.6 Å². The predicted molar refractivity (Wildman–Crippen MR) is 69.5 cm³/mol. The van der Waals surface area contributed by atoms with Crippen LogP contribution in [0.25, 0.3) is 0 Å². The van der Waals surface area contributed by atoms with Crippen LogP contribution in [0.3, 0.4) is 0 Å². The summed E-state index contributed by atoms with van der Waals surface area (Å²) in [6.45, 7) is 4.09. The van der Waals surface area contributed by atoms with Crippen molar-refractivity contribution in [3.8, 4) is 0 Å². The van der Waals surface area contributed by atoms with Gasteiger partial charge >= 0.3 is 11.7 Å².